The lowest BCUT2D eigenvalue weighted by Crippen LogP contribution is -2.49. The van der Waals surface area contributed by atoms with Crippen LogP contribution in [0.3, 0.4) is 0 Å². The maximum absolute atomic E-state index is 14.1. The van der Waals surface area contributed by atoms with Crippen LogP contribution in [-0.4, -0.2) is 50.6 Å². The van der Waals surface area contributed by atoms with Crippen LogP contribution in [0.15, 0.2) is 36.4 Å². The summed E-state index contributed by atoms with van der Waals surface area (Å²) in [6.07, 6.45) is 0. The van der Waals surface area contributed by atoms with Crippen molar-refractivity contribution in [2.75, 3.05) is 30.9 Å². The number of anilines is 1. The molecule has 0 radical (unpaired) electrons. The van der Waals surface area contributed by atoms with Gasteiger partial charge in [0, 0.05) is 60.3 Å². The van der Waals surface area contributed by atoms with Crippen LogP contribution in [0.4, 0.5) is 18.9 Å². The van der Waals surface area contributed by atoms with Gasteiger partial charge in [-0.05, 0) is 37.3 Å². The Morgan fingerprint density at radius 3 is 2.24 bits per heavy atom. The normalized spacial score (nSPS) is 17.1. The molecule has 1 aliphatic heterocycles. The zero-order chi connectivity index (χ0) is 21.1. The molecule has 1 amide bonds. The summed E-state index contributed by atoms with van der Waals surface area (Å²) in [5.41, 5.74) is 0.838. The SMILES string of the molecule is CC(c1ccc(F)c(F)c1F)N1CCN(C(=O)c2ccc(NS(=O)[O-])cc2)CC1. The van der Waals surface area contributed by atoms with Crippen LogP contribution >= 0.6 is 0 Å². The number of nitrogens with zero attached hydrogens (tertiary/aromatic N) is 2. The van der Waals surface area contributed by atoms with E-state index in [9.17, 15) is 26.7 Å². The van der Waals surface area contributed by atoms with Gasteiger partial charge in [0.1, 0.15) is 0 Å². The first-order chi connectivity index (χ1) is 13.8. The van der Waals surface area contributed by atoms with Crippen molar-refractivity contribution in [3.63, 3.8) is 0 Å². The van der Waals surface area contributed by atoms with Gasteiger partial charge >= 0.3 is 0 Å². The van der Waals surface area contributed by atoms with Gasteiger partial charge in [-0.25, -0.2) is 13.2 Å². The third-order valence-corrected chi connectivity index (χ3v) is 5.40. The largest absolute Gasteiger partial charge is 0.755 e. The quantitative estimate of drug-likeness (QED) is 0.589. The van der Waals surface area contributed by atoms with Gasteiger partial charge < -0.3 is 14.2 Å². The standard InChI is InChI=1S/C19H20F3N3O3S/c1-12(15-6-7-16(20)18(22)17(15)21)24-8-10-25(11-9-24)19(26)13-2-4-14(5-3-13)23-29(27)28/h2-7,12,23H,8-11H2,1H3,(H,27,28)/p-1. The molecule has 0 aromatic heterocycles. The monoisotopic (exact) mass is 426 g/mol. The molecule has 1 heterocycles. The highest BCUT2D eigenvalue weighted by atomic mass is 32.2. The molecule has 0 saturated carbocycles. The summed E-state index contributed by atoms with van der Waals surface area (Å²) in [5.74, 6) is -4.10. The Morgan fingerprint density at radius 1 is 1.03 bits per heavy atom. The topological polar surface area (TPSA) is 75.7 Å². The van der Waals surface area contributed by atoms with E-state index >= 15 is 0 Å². The lowest BCUT2D eigenvalue weighted by molar-refractivity contribution is 0.0578. The van der Waals surface area contributed by atoms with Crippen LogP contribution in [0.1, 0.15) is 28.9 Å². The second-order valence-corrected chi connectivity index (χ2v) is 7.36. The molecule has 1 saturated heterocycles. The minimum Gasteiger partial charge on any atom is -0.755 e. The summed E-state index contributed by atoms with van der Waals surface area (Å²) >= 11 is -2.44. The molecule has 1 aliphatic rings. The molecule has 1 N–H and O–H groups in total. The maximum Gasteiger partial charge on any atom is 0.253 e. The van der Waals surface area contributed by atoms with E-state index in [1.165, 1.54) is 30.3 Å². The number of amides is 1. The van der Waals surface area contributed by atoms with Crippen molar-refractivity contribution in [2.24, 2.45) is 0 Å². The number of carbonyl (C=O) groups excluding carboxylic acids is 1. The molecular formula is C19H19F3N3O3S-. The van der Waals surface area contributed by atoms with Crippen molar-refractivity contribution < 1.29 is 26.7 Å². The first-order valence-electron chi connectivity index (χ1n) is 8.90. The van der Waals surface area contributed by atoms with Gasteiger partial charge in [0.05, 0.1) is 0 Å². The van der Waals surface area contributed by atoms with E-state index in [4.69, 9.17) is 0 Å². The molecule has 2 unspecified atom stereocenters. The molecule has 0 spiro atoms. The Labute approximate surface area is 168 Å². The number of hydrogen-bond donors (Lipinski definition) is 1. The van der Waals surface area contributed by atoms with Gasteiger partial charge in [0.15, 0.2) is 17.5 Å². The van der Waals surface area contributed by atoms with Crippen molar-refractivity contribution in [1.82, 2.24) is 9.80 Å². The second kappa shape index (κ2) is 8.93. The first-order valence-corrected chi connectivity index (χ1v) is 9.98. The van der Waals surface area contributed by atoms with Crippen molar-refractivity contribution in [3.05, 3.63) is 65.0 Å². The van der Waals surface area contributed by atoms with Crippen LogP contribution < -0.4 is 4.72 Å². The molecular weight excluding hydrogens is 407 g/mol. The van der Waals surface area contributed by atoms with E-state index in [2.05, 4.69) is 4.72 Å². The Morgan fingerprint density at radius 2 is 1.66 bits per heavy atom. The van der Waals surface area contributed by atoms with Gasteiger partial charge in [-0.2, -0.15) is 0 Å². The van der Waals surface area contributed by atoms with Crippen LogP contribution in [0.5, 0.6) is 0 Å². The minimum atomic E-state index is -2.44. The Kier molecular flexibility index (Phi) is 6.56. The fourth-order valence-electron chi connectivity index (χ4n) is 3.33. The van der Waals surface area contributed by atoms with Gasteiger partial charge in [-0.1, -0.05) is 6.07 Å². The fraction of sp³-hybridized carbons (Fsp3) is 0.316. The van der Waals surface area contributed by atoms with Gasteiger partial charge in [0.2, 0.25) is 0 Å². The Balaban J connectivity index is 1.62. The van der Waals surface area contributed by atoms with E-state index < -0.39 is 34.8 Å². The molecule has 29 heavy (non-hydrogen) atoms. The molecule has 2 aromatic carbocycles. The molecule has 0 bridgehead atoms. The highest BCUT2D eigenvalue weighted by molar-refractivity contribution is 7.80. The highest BCUT2D eigenvalue weighted by Crippen LogP contribution is 2.27. The Bertz CT molecular complexity index is 919. The van der Waals surface area contributed by atoms with Crippen LogP contribution in [-0.2, 0) is 11.3 Å². The van der Waals surface area contributed by atoms with Crippen molar-refractivity contribution >= 4 is 22.9 Å². The van der Waals surface area contributed by atoms with E-state index in [0.717, 1.165) is 6.07 Å². The Hall–Kier alpha value is -2.43. The lowest BCUT2D eigenvalue weighted by atomic mass is 10.0. The van der Waals surface area contributed by atoms with Crippen LogP contribution in [0, 0.1) is 17.5 Å². The van der Waals surface area contributed by atoms with Crippen molar-refractivity contribution in [3.8, 4) is 0 Å². The number of benzene rings is 2. The molecule has 0 aliphatic carbocycles. The van der Waals surface area contributed by atoms with E-state index in [-0.39, 0.29) is 11.5 Å². The number of nitrogens with one attached hydrogen (secondary N) is 1. The molecule has 2 aromatic rings. The summed E-state index contributed by atoms with van der Waals surface area (Å²) in [4.78, 5) is 16.2. The smallest absolute Gasteiger partial charge is 0.253 e. The maximum atomic E-state index is 14.1. The fourth-order valence-corrected chi connectivity index (χ4v) is 3.66. The average Bonchev–Trinajstić information content (AvgIpc) is 2.71. The number of hydrogen-bond acceptors (Lipinski definition) is 4. The number of halogens is 3. The summed E-state index contributed by atoms with van der Waals surface area (Å²) in [5, 5.41) is 0. The van der Waals surface area contributed by atoms with E-state index in [0.29, 0.717) is 37.4 Å². The molecule has 1 fully saturated rings. The molecule has 6 nitrogen and oxygen atoms in total. The average molecular weight is 426 g/mol. The van der Waals surface area contributed by atoms with Crippen LogP contribution in [0.25, 0.3) is 0 Å². The summed E-state index contributed by atoms with van der Waals surface area (Å²) in [6, 6.07) is 7.72. The molecule has 156 valence electrons. The van der Waals surface area contributed by atoms with Crippen molar-refractivity contribution in [1.29, 1.82) is 0 Å². The van der Waals surface area contributed by atoms with Gasteiger partial charge in [0.25, 0.3) is 5.91 Å². The summed E-state index contributed by atoms with van der Waals surface area (Å²) in [7, 11) is 0. The highest BCUT2D eigenvalue weighted by Gasteiger charge is 2.28. The number of piperazine rings is 1. The lowest BCUT2D eigenvalue weighted by Gasteiger charge is -2.38. The number of carbonyl (C=O) groups is 1. The van der Waals surface area contributed by atoms with Crippen molar-refractivity contribution in [2.45, 2.75) is 13.0 Å². The summed E-state index contributed by atoms with van der Waals surface area (Å²) in [6.45, 7) is 3.37. The summed E-state index contributed by atoms with van der Waals surface area (Å²) < 4.78 is 64.2. The van der Waals surface area contributed by atoms with E-state index in [1.54, 1.807) is 11.8 Å². The third kappa shape index (κ3) is 4.77. The number of rotatable bonds is 5. The minimum absolute atomic E-state index is 0.0718. The van der Waals surface area contributed by atoms with Crippen LogP contribution in [0.2, 0.25) is 0 Å². The molecule has 10 heteroatoms. The van der Waals surface area contributed by atoms with Gasteiger partial charge in [-0.15, -0.1) is 0 Å². The predicted octanol–water partition coefficient (Wildman–Crippen LogP) is 2.83. The zero-order valence-corrected chi connectivity index (χ0v) is 16.3. The third-order valence-electron chi connectivity index (χ3n) is 5.00. The van der Waals surface area contributed by atoms with E-state index in [1.807, 2.05) is 4.90 Å². The van der Waals surface area contributed by atoms with Gasteiger partial charge in [-0.3, -0.25) is 13.9 Å². The molecule has 3 rings (SSSR count). The molecule has 2 atom stereocenters. The first kappa shape index (κ1) is 21.3. The predicted molar refractivity (Wildman–Crippen MR) is 101 cm³/mol. The second-order valence-electron chi connectivity index (χ2n) is 6.68. The zero-order valence-electron chi connectivity index (χ0n) is 15.5.